The van der Waals surface area contributed by atoms with Gasteiger partial charge in [-0.25, -0.2) is 4.79 Å². The summed E-state index contributed by atoms with van der Waals surface area (Å²) in [5.41, 5.74) is -0.628. The quantitative estimate of drug-likeness (QED) is 0.838. The number of carboxylic acids is 1. The van der Waals surface area contributed by atoms with E-state index in [0.717, 1.165) is 38.5 Å². The average Bonchev–Trinajstić information content (AvgIpc) is 3.00. The molecule has 0 aromatic heterocycles. The van der Waals surface area contributed by atoms with Crippen LogP contribution in [0.2, 0.25) is 0 Å². The summed E-state index contributed by atoms with van der Waals surface area (Å²) in [5, 5.41) is 9.24. The van der Waals surface area contributed by atoms with Crippen molar-refractivity contribution in [3.05, 3.63) is 0 Å². The second-order valence-corrected chi connectivity index (χ2v) is 7.98. The van der Waals surface area contributed by atoms with E-state index in [1.807, 2.05) is 0 Å². The molecule has 0 aromatic carbocycles. The topological polar surface area (TPSA) is 87.2 Å². The van der Waals surface area contributed by atoms with Gasteiger partial charge in [0.25, 0.3) is 0 Å². The van der Waals surface area contributed by atoms with E-state index in [1.165, 1.54) is 9.80 Å². The Hall–Kier alpha value is -1.79. The molecule has 25 heavy (non-hydrogen) atoms. The van der Waals surface area contributed by atoms with Crippen LogP contribution in [0.15, 0.2) is 0 Å². The van der Waals surface area contributed by atoms with E-state index in [9.17, 15) is 19.5 Å². The number of carbonyl (C=O) groups excluding carboxylic acids is 2. The first-order chi connectivity index (χ1) is 11.7. The number of hydrogen-bond donors (Lipinski definition) is 1. The number of nitrogens with zero attached hydrogens (tertiary/aromatic N) is 2. The summed E-state index contributed by atoms with van der Waals surface area (Å²) in [5.74, 6) is -1.27. The molecule has 1 aliphatic heterocycles. The summed E-state index contributed by atoms with van der Waals surface area (Å²) in [7, 11) is 0. The van der Waals surface area contributed by atoms with Gasteiger partial charge in [-0.15, -0.1) is 0 Å². The Morgan fingerprint density at radius 2 is 1.72 bits per heavy atom. The van der Waals surface area contributed by atoms with E-state index in [0.29, 0.717) is 13.0 Å². The maximum Gasteiger partial charge on any atom is 0.410 e. The summed E-state index contributed by atoms with van der Waals surface area (Å²) in [6.07, 6.45) is 5.59. The zero-order valence-corrected chi connectivity index (χ0v) is 15.5. The van der Waals surface area contributed by atoms with Crippen molar-refractivity contribution in [3.63, 3.8) is 0 Å². The molecule has 1 saturated carbocycles. The Morgan fingerprint density at radius 1 is 1.08 bits per heavy atom. The number of hydrogen-bond acceptors (Lipinski definition) is 4. The predicted octanol–water partition coefficient (Wildman–Crippen LogP) is 2.63. The number of amides is 2. The minimum atomic E-state index is -1.01. The summed E-state index contributed by atoms with van der Waals surface area (Å²) in [6.45, 7) is 5.53. The smallest absolute Gasteiger partial charge is 0.410 e. The highest BCUT2D eigenvalue weighted by Crippen LogP contribution is 2.27. The van der Waals surface area contributed by atoms with Crippen molar-refractivity contribution in [2.75, 3.05) is 13.1 Å². The van der Waals surface area contributed by atoms with Gasteiger partial charge in [0.2, 0.25) is 5.91 Å². The van der Waals surface area contributed by atoms with Gasteiger partial charge in [-0.05, 0) is 46.5 Å². The summed E-state index contributed by atoms with van der Waals surface area (Å²) in [4.78, 5) is 39.7. The van der Waals surface area contributed by atoms with Crippen LogP contribution in [-0.2, 0) is 14.3 Å². The van der Waals surface area contributed by atoms with Crippen LogP contribution < -0.4 is 0 Å². The van der Waals surface area contributed by atoms with Gasteiger partial charge < -0.3 is 14.7 Å². The van der Waals surface area contributed by atoms with Gasteiger partial charge in [0.15, 0.2) is 0 Å². The molecule has 2 rings (SSSR count). The third kappa shape index (κ3) is 5.34. The number of rotatable bonds is 4. The van der Waals surface area contributed by atoms with Gasteiger partial charge in [0.05, 0.1) is 0 Å². The SMILES string of the molecule is CC(C)(C)OC(=O)N1CCC[C@H]1C(=O)N(CC(=O)O)C1CCCCC1. The van der Waals surface area contributed by atoms with Crippen LogP contribution >= 0.6 is 0 Å². The maximum atomic E-state index is 13.1. The molecular formula is C18H30N2O5. The van der Waals surface area contributed by atoms with Gasteiger partial charge in [0, 0.05) is 12.6 Å². The number of aliphatic carboxylic acids is 1. The Morgan fingerprint density at radius 3 is 2.28 bits per heavy atom. The number of carbonyl (C=O) groups is 3. The van der Waals surface area contributed by atoms with E-state index in [-0.39, 0.29) is 18.5 Å². The van der Waals surface area contributed by atoms with Gasteiger partial charge in [-0.3, -0.25) is 14.5 Å². The molecule has 0 bridgehead atoms. The Labute approximate surface area is 149 Å². The van der Waals surface area contributed by atoms with Crippen LogP contribution in [0.25, 0.3) is 0 Å². The lowest BCUT2D eigenvalue weighted by Gasteiger charge is -2.37. The van der Waals surface area contributed by atoms with Gasteiger partial charge in [0.1, 0.15) is 18.2 Å². The van der Waals surface area contributed by atoms with E-state index < -0.39 is 23.7 Å². The van der Waals surface area contributed by atoms with Crippen molar-refractivity contribution in [2.45, 2.75) is 83.4 Å². The predicted molar refractivity (Wildman–Crippen MR) is 92.2 cm³/mol. The highest BCUT2D eigenvalue weighted by atomic mass is 16.6. The lowest BCUT2D eigenvalue weighted by molar-refractivity contribution is -0.149. The van der Waals surface area contributed by atoms with Crippen molar-refractivity contribution in [2.24, 2.45) is 0 Å². The Kier molecular flexibility index (Phi) is 6.30. The monoisotopic (exact) mass is 354 g/mol. The minimum Gasteiger partial charge on any atom is -0.480 e. The zero-order valence-electron chi connectivity index (χ0n) is 15.5. The Balaban J connectivity index is 2.12. The molecule has 7 heteroatoms. The molecular weight excluding hydrogens is 324 g/mol. The molecule has 1 heterocycles. The molecule has 2 aliphatic rings. The van der Waals surface area contributed by atoms with Crippen LogP contribution in [0.1, 0.15) is 65.7 Å². The van der Waals surface area contributed by atoms with Crippen molar-refractivity contribution in [3.8, 4) is 0 Å². The van der Waals surface area contributed by atoms with Gasteiger partial charge in [-0.1, -0.05) is 19.3 Å². The lowest BCUT2D eigenvalue weighted by atomic mass is 9.93. The Bertz CT molecular complexity index is 508. The van der Waals surface area contributed by atoms with E-state index in [1.54, 1.807) is 20.8 Å². The molecule has 0 aromatic rings. The minimum absolute atomic E-state index is 0.0431. The third-order valence-electron chi connectivity index (χ3n) is 4.77. The van der Waals surface area contributed by atoms with Crippen LogP contribution in [0.3, 0.4) is 0 Å². The molecule has 0 spiro atoms. The molecule has 0 unspecified atom stereocenters. The number of ether oxygens (including phenoxy) is 1. The fourth-order valence-corrected chi connectivity index (χ4v) is 3.68. The summed E-state index contributed by atoms with van der Waals surface area (Å²) in [6, 6.07) is -0.658. The van der Waals surface area contributed by atoms with Crippen molar-refractivity contribution >= 4 is 18.0 Å². The molecule has 7 nitrogen and oxygen atoms in total. The average molecular weight is 354 g/mol. The van der Waals surface area contributed by atoms with Crippen LogP contribution in [0.5, 0.6) is 0 Å². The molecule has 2 fully saturated rings. The fourth-order valence-electron chi connectivity index (χ4n) is 3.68. The highest BCUT2D eigenvalue weighted by molar-refractivity contribution is 5.88. The first-order valence-corrected chi connectivity index (χ1v) is 9.21. The molecule has 1 saturated heterocycles. The number of carboxylic acid groups (broad SMARTS) is 1. The van der Waals surface area contributed by atoms with Gasteiger partial charge in [-0.2, -0.15) is 0 Å². The second-order valence-electron chi connectivity index (χ2n) is 7.98. The third-order valence-corrected chi connectivity index (χ3v) is 4.77. The second kappa shape index (κ2) is 8.06. The first-order valence-electron chi connectivity index (χ1n) is 9.21. The molecule has 1 N–H and O–H groups in total. The molecule has 1 atom stereocenters. The van der Waals surface area contributed by atoms with Crippen LogP contribution in [-0.4, -0.2) is 63.7 Å². The van der Waals surface area contributed by atoms with E-state index in [4.69, 9.17) is 4.74 Å². The highest BCUT2D eigenvalue weighted by Gasteiger charge is 2.40. The summed E-state index contributed by atoms with van der Waals surface area (Å²) < 4.78 is 5.41. The first kappa shape index (κ1) is 19.5. The largest absolute Gasteiger partial charge is 0.480 e. The van der Waals surface area contributed by atoms with Crippen molar-refractivity contribution in [1.82, 2.24) is 9.80 Å². The van der Waals surface area contributed by atoms with Crippen molar-refractivity contribution in [1.29, 1.82) is 0 Å². The van der Waals surface area contributed by atoms with Crippen LogP contribution in [0.4, 0.5) is 4.79 Å². The van der Waals surface area contributed by atoms with Crippen molar-refractivity contribution < 1.29 is 24.2 Å². The fraction of sp³-hybridized carbons (Fsp3) is 0.833. The standard InChI is InChI=1S/C18H30N2O5/c1-18(2,3)25-17(24)19-11-7-10-14(19)16(23)20(12-15(21)22)13-8-5-4-6-9-13/h13-14H,4-12H2,1-3H3,(H,21,22)/t14-/m0/s1. The normalized spacial score (nSPS) is 21.9. The zero-order chi connectivity index (χ0) is 18.6. The lowest BCUT2D eigenvalue weighted by Crippen LogP contribution is -2.53. The van der Waals surface area contributed by atoms with E-state index in [2.05, 4.69) is 0 Å². The molecule has 142 valence electrons. The molecule has 0 radical (unpaired) electrons. The summed E-state index contributed by atoms with van der Waals surface area (Å²) >= 11 is 0. The van der Waals surface area contributed by atoms with Crippen LogP contribution in [0, 0.1) is 0 Å². The maximum absolute atomic E-state index is 13.1. The van der Waals surface area contributed by atoms with E-state index >= 15 is 0 Å². The van der Waals surface area contributed by atoms with Gasteiger partial charge >= 0.3 is 12.1 Å². The molecule has 2 amide bonds. The molecule has 1 aliphatic carbocycles. The number of likely N-dealkylation sites (tertiary alicyclic amines) is 1.